The molecule has 0 unspecified atom stereocenters. The van der Waals surface area contributed by atoms with Gasteiger partial charge in [0.15, 0.2) is 0 Å². The number of alkyl halides is 3. The van der Waals surface area contributed by atoms with Gasteiger partial charge in [-0.1, -0.05) is 0 Å². The lowest BCUT2D eigenvalue weighted by molar-refractivity contribution is -0.137. The zero-order valence-electron chi connectivity index (χ0n) is 7.61. The lowest BCUT2D eigenvalue weighted by Gasteiger charge is -2.08. The number of rotatable bonds is 2. The molecule has 1 rings (SSSR count). The smallest absolute Gasteiger partial charge is 0.317 e. The number of halogens is 4. The first kappa shape index (κ1) is 11.5. The molecule has 1 nitrogen and oxygen atoms in total. The molecule has 80 valence electrons. The molecule has 0 N–H and O–H groups in total. The summed E-state index contributed by atoms with van der Waals surface area (Å²) < 4.78 is 49.7. The minimum atomic E-state index is -4.47. The van der Waals surface area contributed by atoms with Crippen LogP contribution in [0.5, 0.6) is 0 Å². The highest BCUT2D eigenvalue weighted by molar-refractivity contribution is 5.27. The van der Waals surface area contributed by atoms with E-state index in [1.807, 2.05) is 0 Å². The predicted molar refractivity (Wildman–Crippen MR) is 46.6 cm³/mol. The first-order valence-corrected chi connectivity index (χ1v) is 4.14. The normalized spacial score (nSPS) is 11.1. The van der Waals surface area contributed by atoms with Gasteiger partial charge in [0.2, 0.25) is 6.54 Å². The summed E-state index contributed by atoms with van der Waals surface area (Å²) in [7, 11) is 0. The van der Waals surface area contributed by atoms with Gasteiger partial charge in [-0.05, 0) is 23.8 Å². The molecule has 0 saturated heterocycles. The van der Waals surface area contributed by atoms with Crippen LogP contribution in [0.2, 0.25) is 0 Å². The van der Waals surface area contributed by atoms with Gasteiger partial charge < -0.3 is 4.85 Å². The topological polar surface area (TPSA) is 4.36 Å². The van der Waals surface area contributed by atoms with Crippen LogP contribution in [0.4, 0.5) is 17.6 Å². The van der Waals surface area contributed by atoms with Crippen LogP contribution in [0.1, 0.15) is 11.1 Å². The second-order valence-electron chi connectivity index (χ2n) is 2.94. The van der Waals surface area contributed by atoms with Crippen LogP contribution in [0.3, 0.4) is 0 Å². The Hall–Kier alpha value is -1.57. The van der Waals surface area contributed by atoms with E-state index in [-0.39, 0.29) is 18.5 Å². The molecular formula is C10H7F4N. The van der Waals surface area contributed by atoms with Gasteiger partial charge in [-0.25, -0.2) is 11.0 Å². The Balaban J connectivity index is 3.01. The quantitative estimate of drug-likeness (QED) is 0.528. The van der Waals surface area contributed by atoms with Crippen LogP contribution in [0.25, 0.3) is 4.85 Å². The van der Waals surface area contributed by atoms with Crippen molar-refractivity contribution in [1.82, 2.24) is 0 Å². The van der Waals surface area contributed by atoms with E-state index in [2.05, 4.69) is 4.85 Å². The molecule has 0 fully saturated rings. The van der Waals surface area contributed by atoms with E-state index in [1.165, 1.54) is 0 Å². The Morgan fingerprint density at radius 2 is 1.93 bits per heavy atom. The SMILES string of the molecule is [C-]#[N+]CCc1cc(C(F)(F)F)ccc1F. The maximum absolute atomic E-state index is 13.0. The van der Waals surface area contributed by atoms with Crippen LogP contribution in [-0.4, -0.2) is 6.54 Å². The van der Waals surface area contributed by atoms with Crippen LogP contribution in [-0.2, 0) is 12.6 Å². The first-order chi connectivity index (χ1) is 6.95. The number of nitrogens with zero attached hydrogens (tertiary/aromatic N) is 1. The number of hydrogen-bond donors (Lipinski definition) is 0. The van der Waals surface area contributed by atoms with Crippen LogP contribution in [0, 0.1) is 12.4 Å². The molecule has 15 heavy (non-hydrogen) atoms. The summed E-state index contributed by atoms with van der Waals surface area (Å²) in [6.45, 7) is 6.46. The van der Waals surface area contributed by atoms with Gasteiger partial charge in [0, 0.05) is 6.42 Å². The minimum Gasteiger partial charge on any atom is -0.317 e. The molecule has 0 heterocycles. The van der Waals surface area contributed by atoms with Gasteiger partial charge in [0.1, 0.15) is 5.82 Å². The highest BCUT2D eigenvalue weighted by atomic mass is 19.4. The van der Waals surface area contributed by atoms with Crippen molar-refractivity contribution in [2.24, 2.45) is 0 Å². The Morgan fingerprint density at radius 1 is 1.27 bits per heavy atom. The number of hydrogen-bond acceptors (Lipinski definition) is 0. The van der Waals surface area contributed by atoms with E-state index in [0.717, 1.165) is 12.1 Å². The average molecular weight is 217 g/mol. The van der Waals surface area contributed by atoms with Crippen molar-refractivity contribution in [1.29, 1.82) is 0 Å². The van der Waals surface area contributed by atoms with Gasteiger partial charge in [-0.2, -0.15) is 13.2 Å². The zero-order chi connectivity index (χ0) is 11.5. The van der Waals surface area contributed by atoms with Crippen molar-refractivity contribution >= 4 is 0 Å². The van der Waals surface area contributed by atoms with E-state index < -0.39 is 17.6 Å². The fraction of sp³-hybridized carbons (Fsp3) is 0.300. The summed E-state index contributed by atoms with van der Waals surface area (Å²) in [5.74, 6) is -0.702. The van der Waals surface area contributed by atoms with Gasteiger partial charge >= 0.3 is 6.18 Å². The molecule has 5 heteroatoms. The number of benzene rings is 1. The minimum absolute atomic E-state index is 0.000741. The molecule has 0 aromatic heterocycles. The van der Waals surface area contributed by atoms with Crippen LogP contribution in [0.15, 0.2) is 18.2 Å². The lowest BCUT2D eigenvalue weighted by atomic mass is 10.1. The van der Waals surface area contributed by atoms with Crippen molar-refractivity contribution in [2.75, 3.05) is 6.54 Å². The molecule has 0 aliphatic rings. The second kappa shape index (κ2) is 4.30. The Labute approximate surface area is 84.2 Å². The average Bonchev–Trinajstić information content (AvgIpc) is 2.15. The molecule has 1 aromatic rings. The van der Waals surface area contributed by atoms with Crippen molar-refractivity contribution in [2.45, 2.75) is 12.6 Å². The summed E-state index contributed by atoms with van der Waals surface area (Å²) in [6.07, 6.45) is -4.47. The third kappa shape index (κ3) is 2.94. The highest BCUT2D eigenvalue weighted by Crippen LogP contribution is 2.30. The molecule has 0 saturated carbocycles. The summed E-state index contributed by atoms with van der Waals surface area (Å²) in [4.78, 5) is 2.97. The Kier molecular flexibility index (Phi) is 3.30. The molecule has 1 aromatic carbocycles. The summed E-state index contributed by atoms with van der Waals surface area (Å²) in [5.41, 5.74) is -0.954. The van der Waals surface area contributed by atoms with E-state index in [4.69, 9.17) is 6.57 Å². The molecule has 0 aliphatic carbocycles. The first-order valence-electron chi connectivity index (χ1n) is 4.14. The third-order valence-corrected chi connectivity index (χ3v) is 1.87. The maximum atomic E-state index is 13.0. The van der Waals surface area contributed by atoms with Gasteiger partial charge in [0.05, 0.1) is 5.56 Å². The van der Waals surface area contributed by atoms with Crippen molar-refractivity contribution in [3.63, 3.8) is 0 Å². The van der Waals surface area contributed by atoms with E-state index in [1.54, 1.807) is 0 Å². The molecule has 0 atom stereocenters. The van der Waals surface area contributed by atoms with Crippen LogP contribution >= 0.6 is 0 Å². The van der Waals surface area contributed by atoms with Gasteiger partial charge in [-0.15, -0.1) is 0 Å². The lowest BCUT2D eigenvalue weighted by Crippen LogP contribution is -2.06. The Bertz CT molecular complexity index is 389. The molecule has 0 bridgehead atoms. The largest absolute Gasteiger partial charge is 0.416 e. The molecule has 0 aliphatic heterocycles. The Morgan fingerprint density at radius 3 is 2.47 bits per heavy atom. The van der Waals surface area contributed by atoms with Crippen LogP contribution < -0.4 is 0 Å². The highest BCUT2D eigenvalue weighted by Gasteiger charge is 2.31. The molecule has 0 amide bonds. The maximum Gasteiger partial charge on any atom is 0.416 e. The monoisotopic (exact) mass is 217 g/mol. The van der Waals surface area contributed by atoms with Crippen molar-refractivity contribution < 1.29 is 17.6 Å². The van der Waals surface area contributed by atoms with Gasteiger partial charge in [0.25, 0.3) is 0 Å². The molecule has 0 radical (unpaired) electrons. The molecule has 0 spiro atoms. The van der Waals surface area contributed by atoms with Crippen molar-refractivity contribution in [3.8, 4) is 0 Å². The molecular weight excluding hydrogens is 210 g/mol. The second-order valence-corrected chi connectivity index (χ2v) is 2.94. The standard InChI is InChI=1S/C10H7F4N/c1-15-5-4-7-6-8(10(12,13)14)2-3-9(7)11/h2-3,6H,4-5H2. The third-order valence-electron chi connectivity index (χ3n) is 1.87. The van der Waals surface area contributed by atoms with Gasteiger partial charge in [-0.3, -0.25) is 0 Å². The van der Waals surface area contributed by atoms with E-state index in [0.29, 0.717) is 6.07 Å². The zero-order valence-corrected chi connectivity index (χ0v) is 7.61. The van der Waals surface area contributed by atoms with E-state index in [9.17, 15) is 17.6 Å². The van der Waals surface area contributed by atoms with E-state index >= 15 is 0 Å². The summed E-state index contributed by atoms with van der Waals surface area (Å²) >= 11 is 0. The van der Waals surface area contributed by atoms with Crippen molar-refractivity contribution in [3.05, 3.63) is 46.6 Å². The fourth-order valence-corrected chi connectivity index (χ4v) is 1.12. The fourth-order valence-electron chi connectivity index (χ4n) is 1.12. The summed E-state index contributed by atoms with van der Waals surface area (Å²) in [6, 6.07) is 2.22. The summed E-state index contributed by atoms with van der Waals surface area (Å²) in [5, 5.41) is 0. The predicted octanol–water partition coefficient (Wildman–Crippen LogP) is 3.31.